The van der Waals surface area contributed by atoms with E-state index in [1.54, 1.807) is 64.5 Å². The predicted molar refractivity (Wildman–Crippen MR) is 152 cm³/mol. The second-order valence-electron chi connectivity index (χ2n) is 10.8. The molecule has 1 fully saturated rings. The third kappa shape index (κ3) is 5.89. The fourth-order valence-corrected chi connectivity index (χ4v) is 4.20. The molecular weight excluding hydrogens is 528 g/mol. The zero-order valence-corrected chi connectivity index (χ0v) is 23.7. The van der Waals surface area contributed by atoms with Crippen molar-refractivity contribution in [3.63, 3.8) is 0 Å². The second-order valence-corrected chi connectivity index (χ2v) is 10.8. The van der Waals surface area contributed by atoms with E-state index in [1.165, 1.54) is 27.2 Å². The van der Waals surface area contributed by atoms with Gasteiger partial charge in [0.2, 0.25) is 0 Å². The Morgan fingerprint density at radius 3 is 2.61 bits per heavy atom. The summed E-state index contributed by atoms with van der Waals surface area (Å²) in [7, 11) is 3.12. The molecule has 4 heterocycles. The van der Waals surface area contributed by atoms with Crippen LogP contribution in [-0.2, 0) is 9.47 Å². The number of rotatable bonds is 7. The van der Waals surface area contributed by atoms with Crippen LogP contribution in [0.3, 0.4) is 0 Å². The number of anilines is 3. The van der Waals surface area contributed by atoms with E-state index in [9.17, 15) is 14.4 Å². The first kappa shape index (κ1) is 27.8. The molecule has 4 aromatic heterocycles. The summed E-state index contributed by atoms with van der Waals surface area (Å²) in [4.78, 5) is 49.7. The zero-order chi connectivity index (χ0) is 29.5. The fraction of sp³-hybridized carbons (Fsp3) is 0.357. The van der Waals surface area contributed by atoms with E-state index < -0.39 is 11.7 Å². The molecule has 2 amide bonds. The molecule has 1 aliphatic rings. The maximum atomic E-state index is 13.4. The number of aryl methyl sites for hydroxylation is 1. The molecule has 1 saturated carbocycles. The van der Waals surface area contributed by atoms with Crippen LogP contribution < -0.4 is 21.1 Å². The number of ether oxygens (including phenoxy) is 2. The van der Waals surface area contributed by atoms with Gasteiger partial charge in [-0.2, -0.15) is 9.61 Å². The molecule has 41 heavy (non-hydrogen) atoms. The smallest absolute Gasteiger partial charge is 0.415 e. The third-order valence-corrected chi connectivity index (χ3v) is 6.44. The minimum absolute atomic E-state index is 0.0381. The number of methoxy groups -OCH3 is 1. The summed E-state index contributed by atoms with van der Waals surface area (Å²) in [6.07, 6.45) is 4.69. The molecule has 13 heteroatoms. The maximum Gasteiger partial charge on any atom is 0.415 e. The van der Waals surface area contributed by atoms with E-state index >= 15 is 0 Å². The number of carbonyl (C=O) groups excluding carboxylic acids is 2. The number of nitrogens with one attached hydrogen (secondary N) is 2. The molecule has 2 N–H and O–H groups in total. The SMILES string of the molecule is COC1CC1NC(=O)c1cnn2c(N(C)C(=O)OC(C)(C)C)cc(Nc3cccn(-c4ccc(C)nc4)c3=O)nc12. The quantitative estimate of drug-likeness (QED) is 0.348. The number of pyridine rings is 2. The molecular formula is C28H32N8O5. The minimum Gasteiger partial charge on any atom is -0.443 e. The van der Waals surface area contributed by atoms with E-state index in [0.717, 1.165) is 5.69 Å². The Balaban J connectivity index is 1.55. The van der Waals surface area contributed by atoms with Gasteiger partial charge in [0.05, 0.1) is 30.2 Å². The predicted octanol–water partition coefficient (Wildman–Crippen LogP) is 3.22. The number of amides is 2. The number of fused-ring (bicyclic) bond motifs is 1. The Bertz CT molecular complexity index is 1670. The van der Waals surface area contributed by atoms with Crippen molar-refractivity contribution in [2.75, 3.05) is 24.4 Å². The molecule has 0 aliphatic heterocycles. The summed E-state index contributed by atoms with van der Waals surface area (Å²) in [6.45, 7) is 7.15. The van der Waals surface area contributed by atoms with E-state index in [-0.39, 0.29) is 52.1 Å². The molecule has 0 bridgehead atoms. The van der Waals surface area contributed by atoms with Crippen LogP contribution in [0.5, 0.6) is 0 Å². The second kappa shape index (κ2) is 10.7. The van der Waals surface area contributed by atoms with Gasteiger partial charge in [0.25, 0.3) is 11.5 Å². The summed E-state index contributed by atoms with van der Waals surface area (Å²) in [5, 5.41) is 10.3. The van der Waals surface area contributed by atoms with E-state index in [1.807, 2.05) is 13.0 Å². The topological polar surface area (TPSA) is 145 Å². The number of carbonyl (C=O) groups is 2. The van der Waals surface area contributed by atoms with Crippen LogP contribution in [0, 0.1) is 6.92 Å². The first-order valence-electron chi connectivity index (χ1n) is 13.1. The standard InChI is InChI=1S/C28H32N8O5/c1-16-9-10-17(14-29-16)35-11-7-8-19(26(35)38)31-22-13-23(34(5)27(39)41-28(2,3)4)36-24(33-22)18(15-30-36)25(37)32-20-12-21(20)40-6/h7-11,13-15,20-21H,12H2,1-6H3,(H,31,33)(H,32,37). The van der Waals surface area contributed by atoms with Gasteiger partial charge in [0, 0.05) is 32.1 Å². The van der Waals surface area contributed by atoms with Gasteiger partial charge in [-0.05, 0) is 58.4 Å². The highest BCUT2D eigenvalue weighted by atomic mass is 16.6. The molecule has 1 aliphatic carbocycles. The molecule has 214 valence electrons. The Kier molecular flexibility index (Phi) is 7.22. The van der Waals surface area contributed by atoms with Gasteiger partial charge in [-0.1, -0.05) is 0 Å². The Hall–Kier alpha value is -4.78. The molecule has 13 nitrogen and oxygen atoms in total. The Labute approximate surface area is 236 Å². The molecule has 0 radical (unpaired) electrons. The zero-order valence-electron chi connectivity index (χ0n) is 23.7. The molecule has 2 unspecified atom stereocenters. The van der Waals surface area contributed by atoms with Crippen molar-refractivity contribution in [2.45, 2.75) is 51.9 Å². The van der Waals surface area contributed by atoms with Crippen LogP contribution in [0.2, 0.25) is 0 Å². The summed E-state index contributed by atoms with van der Waals surface area (Å²) in [6, 6.07) is 8.40. The summed E-state index contributed by atoms with van der Waals surface area (Å²) in [5.74, 6) is 0.107. The van der Waals surface area contributed by atoms with Crippen LogP contribution in [0.4, 0.5) is 22.1 Å². The van der Waals surface area contributed by atoms with Gasteiger partial charge in [0.1, 0.15) is 28.5 Å². The minimum atomic E-state index is -0.740. The first-order chi connectivity index (χ1) is 19.4. The van der Waals surface area contributed by atoms with Crippen molar-refractivity contribution in [3.8, 4) is 5.69 Å². The lowest BCUT2D eigenvalue weighted by Crippen LogP contribution is -2.35. The average molecular weight is 561 g/mol. The fourth-order valence-electron chi connectivity index (χ4n) is 4.20. The van der Waals surface area contributed by atoms with Crippen molar-refractivity contribution >= 4 is 35.0 Å². The molecule has 0 spiro atoms. The van der Waals surface area contributed by atoms with Gasteiger partial charge in [-0.3, -0.25) is 24.0 Å². The van der Waals surface area contributed by atoms with Crippen LogP contribution in [0.25, 0.3) is 11.3 Å². The maximum absolute atomic E-state index is 13.4. The van der Waals surface area contributed by atoms with E-state index in [2.05, 4.69) is 25.7 Å². The lowest BCUT2D eigenvalue weighted by Gasteiger charge is -2.25. The van der Waals surface area contributed by atoms with Crippen LogP contribution >= 0.6 is 0 Å². The number of hydrogen-bond acceptors (Lipinski definition) is 9. The van der Waals surface area contributed by atoms with E-state index in [4.69, 9.17) is 9.47 Å². The largest absolute Gasteiger partial charge is 0.443 e. The van der Waals surface area contributed by atoms with E-state index in [0.29, 0.717) is 12.1 Å². The highest BCUT2D eigenvalue weighted by Crippen LogP contribution is 2.27. The van der Waals surface area contributed by atoms with Crippen molar-refractivity contribution in [2.24, 2.45) is 0 Å². The lowest BCUT2D eigenvalue weighted by molar-refractivity contribution is 0.0587. The Morgan fingerprint density at radius 1 is 1.17 bits per heavy atom. The van der Waals surface area contributed by atoms with Gasteiger partial charge in [-0.15, -0.1) is 0 Å². The number of nitrogens with zero attached hydrogens (tertiary/aromatic N) is 6. The van der Waals surface area contributed by atoms with Gasteiger partial charge >= 0.3 is 6.09 Å². The third-order valence-electron chi connectivity index (χ3n) is 6.44. The molecule has 0 aromatic carbocycles. The monoisotopic (exact) mass is 560 g/mol. The summed E-state index contributed by atoms with van der Waals surface area (Å²) in [5.41, 5.74) is 0.958. The normalized spacial score (nSPS) is 16.3. The summed E-state index contributed by atoms with van der Waals surface area (Å²) >= 11 is 0. The Morgan fingerprint density at radius 2 is 1.95 bits per heavy atom. The lowest BCUT2D eigenvalue weighted by atomic mass is 10.2. The van der Waals surface area contributed by atoms with Gasteiger partial charge in [-0.25, -0.2) is 9.78 Å². The van der Waals surface area contributed by atoms with Crippen LogP contribution in [-0.4, -0.2) is 68.1 Å². The average Bonchev–Trinajstić information content (AvgIpc) is 3.53. The van der Waals surface area contributed by atoms with Crippen LogP contribution in [0.1, 0.15) is 43.2 Å². The molecule has 2 atom stereocenters. The highest BCUT2D eigenvalue weighted by Gasteiger charge is 2.39. The van der Waals surface area contributed by atoms with Crippen molar-refractivity contribution in [1.29, 1.82) is 0 Å². The first-order valence-corrected chi connectivity index (χ1v) is 13.1. The number of hydrogen-bond donors (Lipinski definition) is 2. The van der Waals surface area contributed by atoms with Gasteiger partial charge in [0.15, 0.2) is 5.65 Å². The highest BCUT2D eigenvalue weighted by molar-refractivity contribution is 6.01. The molecule has 4 aromatic rings. The van der Waals surface area contributed by atoms with Crippen molar-refractivity contribution < 1.29 is 19.1 Å². The number of aromatic nitrogens is 5. The molecule has 0 saturated heterocycles. The van der Waals surface area contributed by atoms with Gasteiger partial charge < -0.3 is 20.1 Å². The summed E-state index contributed by atoms with van der Waals surface area (Å²) < 4.78 is 13.7. The van der Waals surface area contributed by atoms with Crippen LogP contribution in [0.15, 0.2) is 53.7 Å². The van der Waals surface area contributed by atoms with Crippen molar-refractivity contribution in [3.05, 3.63) is 70.5 Å². The molecule has 5 rings (SSSR count). The van der Waals surface area contributed by atoms with Crippen molar-refractivity contribution in [1.82, 2.24) is 29.5 Å².